The first-order valence-corrected chi connectivity index (χ1v) is 6.43. The number of nitrogens with one attached hydrogen (secondary N) is 1. The standard InChI is InChI=1S/C13H14N2OS/c1-2-10-3-5-11(6-4-10)9-12(16)15-13-14-7-8-17-13/h3-8H,2,9H2,1H3,(H,14,15,16). The molecule has 2 aromatic rings. The van der Waals surface area contributed by atoms with Gasteiger partial charge in [0.1, 0.15) is 0 Å². The summed E-state index contributed by atoms with van der Waals surface area (Å²) in [5, 5.41) is 5.26. The van der Waals surface area contributed by atoms with Crippen molar-refractivity contribution in [3.63, 3.8) is 0 Å². The molecule has 0 fully saturated rings. The molecule has 0 unspecified atom stereocenters. The van der Waals surface area contributed by atoms with Crippen molar-refractivity contribution in [3.05, 3.63) is 47.0 Å². The molecule has 88 valence electrons. The van der Waals surface area contributed by atoms with Gasteiger partial charge in [0.25, 0.3) is 0 Å². The highest BCUT2D eigenvalue weighted by molar-refractivity contribution is 7.13. The normalized spacial score (nSPS) is 10.2. The summed E-state index contributed by atoms with van der Waals surface area (Å²) in [5.74, 6) is -0.0239. The minimum atomic E-state index is -0.0239. The fourth-order valence-corrected chi connectivity index (χ4v) is 2.07. The SMILES string of the molecule is CCc1ccc(CC(=O)Nc2nccs2)cc1. The van der Waals surface area contributed by atoms with Crippen LogP contribution in [0.5, 0.6) is 0 Å². The van der Waals surface area contributed by atoms with Crippen LogP contribution in [0, 0.1) is 0 Å². The zero-order chi connectivity index (χ0) is 12.1. The molecular weight excluding hydrogens is 232 g/mol. The van der Waals surface area contributed by atoms with Crippen LogP contribution in [-0.2, 0) is 17.6 Å². The summed E-state index contributed by atoms with van der Waals surface area (Å²) in [6.07, 6.45) is 3.09. The number of carbonyl (C=O) groups excluding carboxylic acids is 1. The summed E-state index contributed by atoms with van der Waals surface area (Å²) in [6.45, 7) is 2.12. The second kappa shape index (κ2) is 5.59. The van der Waals surface area contributed by atoms with Gasteiger partial charge in [-0.05, 0) is 17.5 Å². The van der Waals surface area contributed by atoms with Gasteiger partial charge in [-0.25, -0.2) is 4.98 Å². The first kappa shape index (κ1) is 11.8. The Hall–Kier alpha value is -1.68. The molecular formula is C13H14N2OS. The molecule has 0 aliphatic carbocycles. The highest BCUT2D eigenvalue weighted by Gasteiger charge is 2.05. The number of hydrogen-bond donors (Lipinski definition) is 1. The lowest BCUT2D eigenvalue weighted by atomic mass is 10.1. The second-order valence-corrected chi connectivity index (χ2v) is 4.63. The third-order valence-electron chi connectivity index (χ3n) is 2.47. The summed E-state index contributed by atoms with van der Waals surface area (Å²) in [6, 6.07) is 8.12. The minimum absolute atomic E-state index is 0.0239. The van der Waals surface area contributed by atoms with Crippen molar-refractivity contribution >= 4 is 22.4 Å². The maximum Gasteiger partial charge on any atom is 0.230 e. The number of rotatable bonds is 4. The number of benzene rings is 1. The smallest absolute Gasteiger partial charge is 0.230 e. The topological polar surface area (TPSA) is 42.0 Å². The highest BCUT2D eigenvalue weighted by atomic mass is 32.1. The van der Waals surface area contributed by atoms with Gasteiger partial charge >= 0.3 is 0 Å². The van der Waals surface area contributed by atoms with E-state index in [9.17, 15) is 4.79 Å². The van der Waals surface area contributed by atoms with Crippen LogP contribution in [0.25, 0.3) is 0 Å². The van der Waals surface area contributed by atoms with Crippen LogP contribution in [-0.4, -0.2) is 10.9 Å². The highest BCUT2D eigenvalue weighted by Crippen LogP contribution is 2.11. The third-order valence-corrected chi connectivity index (χ3v) is 3.16. The van der Waals surface area contributed by atoms with Gasteiger partial charge in [0.15, 0.2) is 5.13 Å². The van der Waals surface area contributed by atoms with Crippen LogP contribution in [0.2, 0.25) is 0 Å². The molecule has 0 aliphatic rings. The van der Waals surface area contributed by atoms with Crippen LogP contribution >= 0.6 is 11.3 Å². The molecule has 0 saturated heterocycles. The number of aryl methyl sites for hydroxylation is 1. The molecule has 0 spiro atoms. The summed E-state index contributed by atoms with van der Waals surface area (Å²) in [4.78, 5) is 15.7. The molecule has 0 atom stereocenters. The average Bonchev–Trinajstić information content (AvgIpc) is 2.82. The van der Waals surface area contributed by atoms with Crippen LogP contribution in [0.15, 0.2) is 35.8 Å². The summed E-state index contributed by atoms with van der Waals surface area (Å²) < 4.78 is 0. The van der Waals surface area contributed by atoms with E-state index in [0.29, 0.717) is 11.6 Å². The second-order valence-electron chi connectivity index (χ2n) is 3.73. The number of hydrogen-bond acceptors (Lipinski definition) is 3. The van der Waals surface area contributed by atoms with E-state index >= 15 is 0 Å². The molecule has 4 heteroatoms. The Morgan fingerprint density at radius 1 is 1.29 bits per heavy atom. The van der Waals surface area contributed by atoms with Crippen molar-refractivity contribution < 1.29 is 4.79 Å². The maximum absolute atomic E-state index is 11.7. The van der Waals surface area contributed by atoms with Crippen molar-refractivity contribution in [2.45, 2.75) is 19.8 Å². The van der Waals surface area contributed by atoms with Gasteiger partial charge in [-0.15, -0.1) is 11.3 Å². The van der Waals surface area contributed by atoms with Crippen LogP contribution < -0.4 is 5.32 Å². The average molecular weight is 246 g/mol. The Morgan fingerprint density at radius 3 is 2.59 bits per heavy atom. The van der Waals surface area contributed by atoms with E-state index in [2.05, 4.69) is 29.4 Å². The molecule has 1 aromatic carbocycles. The molecule has 2 rings (SSSR count). The van der Waals surface area contributed by atoms with Gasteiger partial charge in [0.2, 0.25) is 5.91 Å². The van der Waals surface area contributed by atoms with Gasteiger partial charge in [0.05, 0.1) is 6.42 Å². The summed E-state index contributed by atoms with van der Waals surface area (Å²) in [5.41, 5.74) is 2.31. The van der Waals surface area contributed by atoms with E-state index < -0.39 is 0 Å². The lowest BCUT2D eigenvalue weighted by Crippen LogP contribution is -2.14. The molecule has 0 radical (unpaired) electrons. The molecule has 17 heavy (non-hydrogen) atoms. The van der Waals surface area contributed by atoms with Crippen LogP contribution in [0.3, 0.4) is 0 Å². The summed E-state index contributed by atoms with van der Waals surface area (Å²) in [7, 11) is 0. The van der Waals surface area contributed by atoms with Crippen LogP contribution in [0.4, 0.5) is 5.13 Å². The fraction of sp³-hybridized carbons (Fsp3) is 0.231. The van der Waals surface area contributed by atoms with Crippen molar-refractivity contribution in [3.8, 4) is 0 Å². The number of aromatic nitrogens is 1. The molecule has 0 bridgehead atoms. The minimum Gasteiger partial charge on any atom is -0.302 e. The van der Waals surface area contributed by atoms with E-state index in [1.807, 2.05) is 17.5 Å². The van der Waals surface area contributed by atoms with E-state index in [1.165, 1.54) is 16.9 Å². The number of anilines is 1. The Labute approximate surface area is 105 Å². The largest absolute Gasteiger partial charge is 0.302 e. The van der Waals surface area contributed by atoms with E-state index in [1.54, 1.807) is 6.20 Å². The Balaban J connectivity index is 1.93. The van der Waals surface area contributed by atoms with E-state index in [4.69, 9.17) is 0 Å². The van der Waals surface area contributed by atoms with Crippen molar-refractivity contribution in [1.29, 1.82) is 0 Å². The van der Waals surface area contributed by atoms with Crippen LogP contribution in [0.1, 0.15) is 18.1 Å². The number of amides is 1. The van der Waals surface area contributed by atoms with Crippen molar-refractivity contribution in [2.75, 3.05) is 5.32 Å². The number of carbonyl (C=O) groups is 1. The van der Waals surface area contributed by atoms with Gasteiger partial charge in [-0.2, -0.15) is 0 Å². The third kappa shape index (κ3) is 3.39. The lowest BCUT2D eigenvalue weighted by Gasteiger charge is -2.03. The van der Waals surface area contributed by atoms with Crippen molar-refractivity contribution in [1.82, 2.24) is 4.98 Å². The molecule has 0 saturated carbocycles. The zero-order valence-electron chi connectivity index (χ0n) is 9.64. The predicted octanol–water partition coefficient (Wildman–Crippen LogP) is 2.89. The first-order chi connectivity index (χ1) is 8.28. The number of thiazole rings is 1. The van der Waals surface area contributed by atoms with Gasteiger partial charge < -0.3 is 5.32 Å². The molecule has 1 heterocycles. The monoisotopic (exact) mass is 246 g/mol. The van der Waals surface area contributed by atoms with E-state index in [0.717, 1.165) is 12.0 Å². The zero-order valence-corrected chi connectivity index (χ0v) is 10.5. The van der Waals surface area contributed by atoms with E-state index in [-0.39, 0.29) is 5.91 Å². The number of nitrogens with zero attached hydrogens (tertiary/aromatic N) is 1. The maximum atomic E-state index is 11.7. The molecule has 1 N–H and O–H groups in total. The first-order valence-electron chi connectivity index (χ1n) is 5.55. The predicted molar refractivity (Wildman–Crippen MR) is 70.3 cm³/mol. The fourth-order valence-electron chi connectivity index (χ4n) is 1.53. The summed E-state index contributed by atoms with van der Waals surface area (Å²) >= 11 is 1.42. The Kier molecular flexibility index (Phi) is 3.88. The van der Waals surface area contributed by atoms with Gasteiger partial charge in [0, 0.05) is 11.6 Å². The van der Waals surface area contributed by atoms with Crippen molar-refractivity contribution in [2.24, 2.45) is 0 Å². The molecule has 1 amide bonds. The molecule has 0 aliphatic heterocycles. The Bertz CT molecular complexity index is 477. The quantitative estimate of drug-likeness (QED) is 0.901. The lowest BCUT2D eigenvalue weighted by molar-refractivity contribution is -0.115. The van der Waals surface area contributed by atoms with Gasteiger partial charge in [-0.1, -0.05) is 31.2 Å². The van der Waals surface area contributed by atoms with Gasteiger partial charge in [-0.3, -0.25) is 4.79 Å². The molecule has 3 nitrogen and oxygen atoms in total. The molecule has 1 aromatic heterocycles. The Morgan fingerprint density at radius 2 is 2.00 bits per heavy atom.